The molecule has 17 heteroatoms. The van der Waals surface area contributed by atoms with Crippen molar-refractivity contribution in [3.63, 3.8) is 0 Å². The van der Waals surface area contributed by atoms with Crippen LogP contribution in [-0.4, -0.2) is 73.0 Å². The number of amides is 1. The number of halogens is 2. The summed E-state index contributed by atoms with van der Waals surface area (Å²) in [5.41, 5.74) is 3.56. The average molecular weight is 923 g/mol. The number of nitrogens with one attached hydrogen (secondary N) is 1. The van der Waals surface area contributed by atoms with E-state index in [1.54, 1.807) is 60.7 Å². The van der Waals surface area contributed by atoms with E-state index in [1.807, 2.05) is 17.9 Å². The number of carbonyl (C=O) groups is 1. The van der Waals surface area contributed by atoms with Crippen LogP contribution in [0.3, 0.4) is 0 Å². The van der Waals surface area contributed by atoms with E-state index < -0.39 is 34.3 Å². The van der Waals surface area contributed by atoms with Gasteiger partial charge in [0.2, 0.25) is 0 Å². The van der Waals surface area contributed by atoms with Crippen molar-refractivity contribution in [1.29, 1.82) is 0 Å². The lowest BCUT2D eigenvalue weighted by Crippen LogP contribution is -2.46. The summed E-state index contributed by atoms with van der Waals surface area (Å²) in [7, 11) is 1.73. The quantitative estimate of drug-likeness (QED) is 0.168. The first-order valence-electron chi connectivity index (χ1n) is 23.4. The first kappa shape index (κ1) is 42.5. The molecular formula is C51H52F2N10O5. The van der Waals surface area contributed by atoms with Crippen LogP contribution >= 0.6 is 0 Å². The summed E-state index contributed by atoms with van der Waals surface area (Å²) in [6, 6.07) is 14.4. The second-order valence-electron chi connectivity index (χ2n) is 20.6. The van der Waals surface area contributed by atoms with Crippen LogP contribution in [0.4, 0.5) is 8.78 Å². The molecule has 1 N–H and O–H groups in total. The number of aromatic amines is 1. The summed E-state index contributed by atoms with van der Waals surface area (Å²) in [6.45, 7) is 14.8. The number of carbonyl (C=O) groups excluding carboxylic acids is 1. The Morgan fingerprint density at radius 2 is 1.62 bits per heavy atom. The molecule has 12 rings (SSSR count). The van der Waals surface area contributed by atoms with Crippen LogP contribution in [0, 0.1) is 37.3 Å². The third-order valence-electron chi connectivity index (χ3n) is 15.9. The molecule has 1 amide bonds. The Morgan fingerprint density at radius 1 is 0.897 bits per heavy atom. The maximum atomic E-state index is 16.3. The first-order valence-corrected chi connectivity index (χ1v) is 23.4. The van der Waals surface area contributed by atoms with Crippen molar-refractivity contribution in [2.75, 3.05) is 13.2 Å². The molecule has 8 aromatic rings. The van der Waals surface area contributed by atoms with E-state index in [1.165, 1.54) is 27.1 Å². The van der Waals surface area contributed by atoms with E-state index >= 15 is 13.6 Å². The minimum Gasteiger partial charge on any atom is -0.376 e. The number of rotatable bonds is 7. The van der Waals surface area contributed by atoms with Crippen molar-refractivity contribution in [3.8, 4) is 17.2 Å². The van der Waals surface area contributed by atoms with Crippen LogP contribution < -0.4 is 11.4 Å². The molecule has 0 radical (unpaired) electrons. The summed E-state index contributed by atoms with van der Waals surface area (Å²) < 4.78 is 50.8. The number of nitrogens with zero attached hydrogens (tertiary/aromatic N) is 9. The van der Waals surface area contributed by atoms with Crippen molar-refractivity contribution in [2.45, 2.75) is 103 Å². The number of hydrogen-bond donors (Lipinski definition) is 1. The maximum absolute atomic E-state index is 16.3. The smallest absolute Gasteiger partial charge is 0.376 e. The molecule has 68 heavy (non-hydrogen) atoms. The summed E-state index contributed by atoms with van der Waals surface area (Å²) in [5, 5.41) is 14.9. The van der Waals surface area contributed by atoms with E-state index in [0.29, 0.717) is 64.8 Å². The monoisotopic (exact) mass is 922 g/mol. The number of imidazole rings is 1. The zero-order chi connectivity index (χ0) is 47.5. The Hall–Kier alpha value is -6.88. The highest BCUT2D eigenvalue weighted by atomic mass is 19.1. The van der Waals surface area contributed by atoms with E-state index in [4.69, 9.17) is 14.4 Å². The molecule has 2 saturated carbocycles. The molecule has 6 atom stereocenters. The fraction of sp³-hybridized carbons (Fsp3) is 0.412. The standard InChI is InChI=1S/C51H52F2N10O5/c1-26-17-34(18-27(2)41(26)52)63-44(60-15-14-59(48(60)66)38-12-11-37-35(42(38)53)24-54-58(37)8)40-30(5)61(25-50(21-28(50)3)43(40)56-63)45(64)39-20-33-19-31(32-13-16-67-49(6,7)23-32)9-10-36(33)62(39)51(22-29(51)4)46-55-47(65)68-57-46/h9-12,14-15,17-20,24,28-30,32H,13,16,21-23,25H2,1-8H3,(H,55,57,65)/t28-,29-,30-,32-,50?,51-/m0/s1. The molecule has 15 nitrogen and oxygen atoms in total. The highest BCUT2D eigenvalue weighted by Gasteiger charge is 2.62. The lowest BCUT2D eigenvalue weighted by molar-refractivity contribution is -0.0592. The lowest BCUT2D eigenvalue weighted by atomic mass is 9.83. The van der Waals surface area contributed by atoms with Gasteiger partial charge in [0, 0.05) is 54.5 Å². The summed E-state index contributed by atoms with van der Waals surface area (Å²) >= 11 is 0. The van der Waals surface area contributed by atoms with Crippen molar-refractivity contribution < 1.29 is 22.8 Å². The number of hydrogen-bond acceptors (Lipinski definition) is 8. The molecule has 1 unspecified atom stereocenters. The van der Waals surface area contributed by atoms with Crippen LogP contribution in [0.5, 0.6) is 0 Å². The van der Waals surface area contributed by atoms with Crippen LogP contribution in [0.2, 0.25) is 0 Å². The van der Waals surface area contributed by atoms with Crippen LogP contribution in [0.25, 0.3) is 39.0 Å². The van der Waals surface area contributed by atoms with Gasteiger partial charge >= 0.3 is 11.4 Å². The molecule has 0 bridgehead atoms. The molecule has 2 aliphatic carbocycles. The van der Waals surface area contributed by atoms with Gasteiger partial charge in [0.1, 0.15) is 22.9 Å². The van der Waals surface area contributed by atoms with Crippen molar-refractivity contribution in [3.05, 3.63) is 139 Å². The van der Waals surface area contributed by atoms with E-state index in [2.05, 4.69) is 65.7 Å². The van der Waals surface area contributed by atoms with Crippen molar-refractivity contribution >= 4 is 27.7 Å². The van der Waals surface area contributed by atoms with Gasteiger partial charge in [-0.15, -0.1) is 0 Å². The molecule has 1 saturated heterocycles. The number of aromatic nitrogens is 9. The molecule has 5 aromatic heterocycles. The van der Waals surface area contributed by atoms with Crippen LogP contribution in [0.15, 0.2) is 81.2 Å². The lowest BCUT2D eigenvalue weighted by Gasteiger charge is -2.39. The molecule has 3 fully saturated rings. The Morgan fingerprint density at radius 3 is 2.29 bits per heavy atom. The average Bonchev–Trinajstić information content (AvgIpc) is 3.69. The predicted octanol–water partition coefficient (Wildman–Crippen LogP) is 8.18. The van der Waals surface area contributed by atoms with Gasteiger partial charge in [-0.2, -0.15) is 10.2 Å². The van der Waals surface area contributed by atoms with Crippen molar-refractivity contribution in [2.24, 2.45) is 18.9 Å². The SMILES string of the molecule is Cc1cc(-n2nc3c(c2-n2ccn(-c4ccc5c(cnn5C)c4F)c2=O)[C@H](C)N(C(=O)c2cc4cc([C@H]5CCOC(C)(C)C5)ccc4n2[C@@]2(c4noc(=O)[nH]4)C[C@@H]2C)CC32C[C@@H]2C)cc(C)c1F. The minimum absolute atomic E-state index is 0.00591. The van der Waals surface area contributed by atoms with Gasteiger partial charge < -0.3 is 14.2 Å². The largest absolute Gasteiger partial charge is 0.438 e. The maximum Gasteiger partial charge on any atom is 0.438 e. The van der Waals surface area contributed by atoms with Gasteiger partial charge in [0.05, 0.1) is 45.8 Å². The highest BCUT2D eigenvalue weighted by molar-refractivity contribution is 6.00. The Balaban J connectivity index is 1.04. The van der Waals surface area contributed by atoms with Gasteiger partial charge in [-0.05, 0) is 137 Å². The Labute approximate surface area is 388 Å². The van der Waals surface area contributed by atoms with Gasteiger partial charge in [-0.3, -0.25) is 28.1 Å². The molecule has 3 aromatic carbocycles. The summed E-state index contributed by atoms with van der Waals surface area (Å²) in [5.74, 6) is -0.741. The predicted molar refractivity (Wildman–Crippen MR) is 249 cm³/mol. The number of ether oxygens (including phenoxy) is 1. The number of aryl methyl sites for hydroxylation is 3. The normalized spacial score (nSPS) is 25.2. The fourth-order valence-electron chi connectivity index (χ4n) is 12.0. The topological polar surface area (TPSA) is 156 Å². The second kappa shape index (κ2) is 14.3. The molecule has 350 valence electrons. The fourth-order valence-corrected chi connectivity index (χ4v) is 12.0. The van der Waals surface area contributed by atoms with E-state index in [9.17, 15) is 9.59 Å². The molecular weight excluding hydrogens is 871 g/mol. The van der Waals surface area contributed by atoms with E-state index in [-0.39, 0.29) is 46.2 Å². The Bertz CT molecular complexity index is 3540. The van der Waals surface area contributed by atoms with Gasteiger partial charge in [0.15, 0.2) is 11.6 Å². The molecule has 4 aliphatic rings. The zero-order valence-electron chi connectivity index (χ0n) is 39.2. The number of fused-ring (bicyclic) bond motifs is 4. The molecule has 1 spiro atoms. The zero-order valence-corrected chi connectivity index (χ0v) is 39.2. The summed E-state index contributed by atoms with van der Waals surface area (Å²) in [6.07, 6.45) is 7.63. The molecule has 7 heterocycles. The van der Waals surface area contributed by atoms with E-state index in [0.717, 1.165) is 35.9 Å². The minimum atomic E-state index is -0.867. The summed E-state index contributed by atoms with van der Waals surface area (Å²) in [4.78, 5) is 48.1. The Kier molecular flexibility index (Phi) is 8.95. The molecule has 2 aliphatic heterocycles. The van der Waals surface area contributed by atoms with Gasteiger partial charge in [-0.1, -0.05) is 25.1 Å². The number of H-pyrrole nitrogens is 1. The number of benzene rings is 3. The van der Waals surface area contributed by atoms with Crippen LogP contribution in [0.1, 0.15) is 117 Å². The van der Waals surface area contributed by atoms with Gasteiger partial charge in [-0.25, -0.2) is 23.1 Å². The first-order chi connectivity index (χ1) is 32.4. The van der Waals surface area contributed by atoms with Gasteiger partial charge in [0.25, 0.3) is 5.91 Å². The van der Waals surface area contributed by atoms with Crippen LogP contribution in [-0.2, 0) is 22.7 Å². The third kappa shape index (κ3) is 5.96. The highest BCUT2D eigenvalue weighted by Crippen LogP contribution is 2.61. The third-order valence-corrected chi connectivity index (χ3v) is 15.9. The second-order valence-corrected chi connectivity index (χ2v) is 20.6. The van der Waals surface area contributed by atoms with Crippen molar-refractivity contribution in [1.82, 2.24) is 48.3 Å².